The lowest BCUT2D eigenvalue weighted by Crippen LogP contribution is -2.09. The molecule has 0 fully saturated rings. The van der Waals surface area contributed by atoms with Crippen molar-refractivity contribution in [1.29, 1.82) is 0 Å². The maximum absolute atomic E-state index is 12.6. The molecule has 1 aromatic carbocycles. The molecule has 0 atom stereocenters. The molecule has 0 spiro atoms. The molecule has 0 bridgehead atoms. The van der Waals surface area contributed by atoms with Gasteiger partial charge in [-0.3, -0.25) is 9.78 Å². The first-order valence-corrected chi connectivity index (χ1v) is 7.74. The third-order valence-electron chi connectivity index (χ3n) is 3.26. The average Bonchev–Trinajstić information content (AvgIpc) is 3.05. The molecule has 3 aromatic rings. The van der Waals surface area contributed by atoms with Crippen LogP contribution in [0.5, 0.6) is 0 Å². The summed E-state index contributed by atoms with van der Waals surface area (Å²) in [5.74, 6) is -0.274. The fraction of sp³-hybridized carbons (Fsp3) is 0.0588. The molecule has 2 aromatic heterocycles. The maximum Gasteiger partial charge on any atom is 0.416 e. The van der Waals surface area contributed by atoms with Crippen LogP contribution in [0.15, 0.2) is 60.9 Å². The molecule has 0 aliphatic carbocycles. The maximum atomic E-state index is 12.6. The average molecular weight is 348 g/mol. The Morgan fingerprint density at radius 3 is 2.25 bits per heavy atom. The minimum Gasteiger partial charge on any atom is -0.321 e. The molecule has 3 rings (SSSR count). The van der Waals surface area contributed by atoms with Gasteiger partial charge in [-0.1, -0.05) is 12.1 Å². The number of nitrogens with one attached hydrogen (secondary N) is 1. The highest BCUT2D eigenvalue weighted by molar-refractivity contribution is 7.17. The van der Waals surface area contributed by atoms with Gasteiger partial charge in [0.25, 0.3) is 5.91 Å². The van der Waals surface area contributed by atoms with Crippen LogP contribution in [0.3, 0.4) is 0 Å². The third-order valence-corrected chi connectivity index (χ3v) is 4.40. The lowest BCUT2D eigenvalue weighted by Gasteiger charge is -2.06. The van der Waals surface area contributed by atoms with E-state index < -0.39 is 11.7 Å². The Morgan fingerprint density at radius 1 is 0.958 bits per heavy atom. The summed E-state index contributed by atoms with van der Waals surface area (Å²) in [6, 6.07) is 11.6. The van der Waals surface area contributed by atoms with Gasteiger partial charge in [0.05, 0.1) is 10.4 Å². The summed E-state index contributed by atoms with van der Waals surface area (Å²) < 4.78 is 37.8. The van der Waals surface area contributed by atoms with Crippen molar-refractivity contribution in [3.8, 4) is 10.4 Å². The van der Waals surface area contributed by atoms with E-state index in [0.29, 0.717) is 16.1 Å². The van der Waals surface area contributed by atoms with E-state index in [2.05, 4.69) is 10.3 Å². The molecule has 0 unspecified atom stereocenters. The first kappa shape index (κ1) is 16.2. The number of alkyl halides is 3. The second-order valence-electron chi connectivity index (χ2n) is 4.93. The van der Waals surface area contributed by atoms with Crippen LogP contribution in [-0.4, -0.2) is 10.9 Å². The molecule has 122 valence electrons. The molecule has 1 amide bonds. The SMILES string of the molecule is O=C(Nc1ccncc1)c1ccc(-c2ccc(C(F)(F)F)cc2)s1. The summed E-state index contributed by atoms with van der Waals surface area (Å²) in [7, 11) is 0. The number of anilines is 1. The Hall–Kier alpha value is -2.67. The molecular weight excluding hydrogens is 337 g/mol. The van der Waals surface area contributed by atoms with E-state index in [9.17, 15) is 18.0 Å². The van der Waals surface area contributed by atoms with Gasteiger partial charge in [0.1, 0.15) is 0 Å². The number of carbonyl (C=O) groups excluding carboxylic acids is 1. The first-order chi connectivity index (χ1) is 11.4. The highest BCUT2D eigenvalue weighted by Crippen LogP contribution is 2.33. The Balaban J connectivity index is 1.77. The van der Waals surface area contributed by atoms with E-state index in [1.165, 1.54) is 23.5 Å². The molecule has 7 heteroatoms. The number of pyridine rings is 1. The van der Waals surface area contributed by atoms with E-state index in [1.807, 2.05) is 0 Å². The zero-order chi connectivity index (χ0) is 17.2. The quantitative estimate of drug-likeness (QED) is 0.717. The standard InChI is InChI=1S/C17H11F3N2OS/c18-17(19,20)12-3-1-11(2-4-12)14-5-6-15(24-14)16(23)22-13-7-9-21-10-8-13/h1-10H,(H,21,22,23). The van der Waals surface area contributed by atoms with Gasteiger partial charge in [0, 0.05) is 23.0 Å². The van der Waals surface area contributed by atoms with Crippen molar-refractivity contribution >= 4 is 22.9 Å². The Kier molecular flexibility index (Phi) is 4.35. The Labute approximate surface area is 139 Å². The predicted octanol–water partition coefficient (Wildman–Crippen LogP) is 5.08. The van der Waals surface area contributed by atoms with Gasteiger partial charge in [-0.15, -0.1) is 11.3 Å². The minimum absolute atomic E-state index is 0.274. The van der Waals surface area contributed by atoms with E-state index in [1.54, 1.807) is 36.7 Å². The Morgan fingerprint density at radius 2 is 1.62 bits per heavy atom. The number of aromatic nitrogens is 1. The van der Waals surface area contributed by atoms with Gasteiger partial charge in [-0.25, -0.2) is 0 Å². The van der Waals surface area contributed by atoms with Gasteiger partial charge >= 0.3 is 6.18 Å². The molecule has 2 heterocycles. The number of hydrogen-bond donors (Lipinski definition) is 1. The van der Waals surface area contributed by atoms with Crippen molar-refractivity contribution in [1.82, 2.24) is 4.98 Å². The zero-order valence-corrected chi connectivity index (χ0v) is 13.0. The van der Waals surface area contributed by atoms with Crippen LogP contribution in [0.4, 0.5) is 18.9 Å². The lowest BCUT2D eigenvalue weighted by atomic mass is 10.1. The monoisotopic (exact) mass is 348 g/mol. The van der Waals surface area contributed by atoms with Crippen LogP contribution >= 0.6 is 11.3 Å². The van der Waals surface area contributed by atoms with Crippen molar-refractivity contribution in [2.45, 2.75) is 6.18 Å². The fourth-order valence-electron chi connectivity index (χ4n) is 2.07. The summed E-state index contributed by atoms with van der Waals surface area (Å²) in [5.41, 5.74) is 0.564. The highest BCUT2D eigenvalue weighted by atomic mass is 32.1. The molecule has 0 saturated heterocycles. The van der Waals surface area contributed by atoms with Gasteiger partial charge < -0.3 is 5.32 Å². The highest BCUT2D eigenvalue weighted by Gasteiger charge is 2.30. The number of amides is 1. The van der Waals surface area contributed by atoms with Gasteiger partial charge in [0.15, 0.2) is 0 Å². The number of rotatable bonds is 3. The molecule has 24 heavy (non-hydrogen) atoms. The lowest BCUT2D eigenvalue weighted by molar-refractivity contribution is -0.137. The summed E-state index contributed by atoms with van der Waals surface area (Å²) in [6.07, 6.45) is -1.22. The van der Waals surface area contributed by atoms with Crippen molar-refractivity contribution < 1.29 is 18.0 Å². The number of benzene rings is 1. The molecule has 0 aliphatic heterocycles. The topological polar surface area (TPSA) is 42.0 Å². The fourth-order valence-corrected chi connectivity index (χ4v) is 2.97. The number of hydrogen-bond acceptors (Lipinski definition) is 3. The molecule has 1 N–H and O–H groups in total. The smallest absolute Gasteiger partial charge is 0.321 e. The number of halogens is 3. The Bertz CT molecular complexity index is 842. The van der Waals surface area contributed by atoms with Crippen molar-refractivity contribution in [2.24, 2.45) is 0 Å². The summed E-state index contributed by atoms with van der Waals surface area (Å²) in [6.45, 7) is 0. The number of carbonyl (C=O) groups is 1. The van der Waals surface area contributed by atoms with Gasteiger partial charge in [-0.05, 0) is 42.0 Å². The molecule has 3 nitrogen and oxygen atoms in total. The predicted molar refractivity (Wildman–Crippen MR) is 86.9 cm³/mol. The largest absolute Gasteiger partial charge is 0.416 e. The van der Waals surface area contributed by atoms with E-state index in [4.69, 9.17) is 0 Å². The van der Waals surface area contributed by atoms with Crippen LogP contribution in [0.1, 0.15) is 15.2 Å². The zero-order valence-electron chi connectivity index (χ0n) is 12.2. The first-order valence-electron chi connectivity index (χ1n) is 6.92. The second kappa shape index (κ2) is 6.45. The molecular formula is C17H11F3N2OS. The third kappa shape index (κ3) is 3.62. The molecule has 0 saturated carbocycles. The van der Waals surface area contributed by atoms with E-state index in [-0.39, 0.29) is 5.91 Å². The van der Waals surface area contributed by atoms with Crippen molar-refractivity contribution in [3.05, 3.63) is 71.4 Å². The van der Waals surface area contributed by atoms with Gasteiger partial charge in [-0.2, -0.15) is 13.2 Å². The van der Waals surface area contributed by atoms with Crippen molar-refractivity contribution in [3.63, 3.8) is 0 Å². The number of thiophene rings is 1. The van der Waals surface area contributed by atoms with Crippen LogP contribution in [-0.2, 0) is 6.18 Å². The van der Waals surface area contributed by atoms with Crippen LogP contribution in [0.2, 0.25) is 0 Å². The normalized spacial score (nSPS) is 11.3. The molecule has 0 aliphatic rings. The summed E-state index contributed by atoms with van der Waals surface area (Å²) >= 11 is 1.22. The van der Waals surface area contributed by atoms with Crippen LogP contribution < -0.4 is 5.32 Å². The van der Waals surface area contributed by atoms with E-state index in [0.717, 1.165) is 17.0 Å². The van der Waals surface area contributed by atoms with Gasteiger partial charge in [0.2, 0.25) is 0 Å². The van der Waals surface area contributed by atoms with Crippen LogP contribution in [0.25, 0.3) is 10.4 Å². The van der Waals surface area contributed by atoms with E-state index >= 15 is 0 Å². The number of nitrogens with zero attached hydrogens (tertiary/aromatic N) is 1. The van der Waals surface area contributed by atoms with Crippen LogP contribution in [0, 0.1) is 0 Å². The van der Waals surface area contributed by atoms with Crippen molar-refractivity contribution in [2.75, 3.05) is 5.32 Å². The minimum atomic E-state index is -4.36. The second-order valence-corrected chi connectivity index (χ2v) is 6.01. The molecule has 0 radical (unpaired) electrons. The summed E-state index contributed by atoms with van der Waals surface area (Å²) in [5, 5.41) is 2.73. The summed E-state index contributed by atoms with van der Waals surface area (Å²) in [4.78, 5) is 17.2.